The Kier molecular flexibility index (Phi) is 3.49. The first kappa shape index (κ1) is 16.3. The van der Waals surface area contributed by atoms with Gasteiger partial charge in [-0.3, -0.25) is 9.59 Å². The summed E-state index contributed by atoms with van der Waals surface area (Å²) in [6.07, 6.45) is 3.79. The molecule has 2 aromatic carbocycles. The number of nitriles is 1. The third-order valence-electron chi connectivity index (χ3n) is 5.68. The number of anilines is 1. The lowest BCUT2D eigenvalue weighted by Gasteiger charge is -2.33. The van der Waals surface area contributed by atoms with Crippen molar-refractivity contribution < 1.29 is 9.59 Å². The summed E-state index contributed by atoms with van der Waals surface area (Å²) in [6.45, 7) is 0. The van der Waals surface area contributed by atoms with Gasteiger partial charge in [0, 0.05) is 10.7 Å². The summed E-state index contributed by atoms with van der Waals surface area (Å²) in [4.78, 5) is 29.7. The molecule has 4 atom stereocenters. The van der Waals surface area contributed by atoms with Crippen LogP contribution in [0.3, 0.4) is 0 Å². The molecule has 2 fully saturated rings. The molecule has 3 aliphatic rings. The summed E-state index contributed by atoms with van der Waals surface area (Å²) < 4.78 is 0.873. The SMILES string of the molecule is N#C[C@@H]1[C@@H]2C(=O)N(c3ccc(Br)cc3)C(=O)[C@H]2[C@@H]2c3ccccc3C=CN12. The fraction of sp³-hybridized carbons (Fsp3) is 0.190. The Morgan fingerprint density at radius 1 is 0.963 bits per heavy atom. The maximum absolute atomic E-state index is 13.3. The van der Waals surface area contributed by atoms with E-state index >= 15 is 0 Å². The number of carbonyl (C=O) groups is 2. The first-order chi connectivity index (χ1) is 13.1. The second-order valence-corrected chi connectivity index (χ2v) is 7.87. The van der Waals surface area contributed by atoms with Gasteiger partial charge in [0.25, 0.3) is 0 Å². The zero-order valence-corrected chi connectivity index (χ0v) is 15.7. The molecule has 0 N–H and O–H groups in total. The van der Waals surface area contributed by atoms with Crippen molar-refractivity contribution in [2.45, 2.75) is 12.1 Å². The van der Waals surface area contributed by atoms with E-state index in [1.807, 2.05) is 41.4 Å². The number of amides is 2. The fourth-order valence-corrected chi connectivity index (χ4v) is 4.81. The predicted octanol–water partition coefficient (Wildman–Crippen LogP) is 3.49. The second-order valence-electron chi connectivity index (χ2n) is 6.95. The van der Waals surface area contributed by atoms with Crippen LogP contribution in [0.15, 0.2) is 59.2 Å². The number of rotatable bonds is 1. The van der Waals surface area contributed by atoms with Crippen LogP contribution in [-0.2, 0) is 9.59 Å². The Morgan fingerprint density at radius 2 is 1.67 bits per heavy atom. The highest BCUT2D eigenvalue weighted by Gasteiger charge is 2.63. The molecule has 2 amide bonds. The first-order valence-corrected chi connectivity index (χ1v) is 9.48. The van der Waals surface area contributed by atoms with Gasteiger partial charge in [0.15, 0.2) is 0 Å². The standard InChI is InChI=1S/C21H14BrN3O2/c22-13-5-7-14(8-6-13)25-20(26)17-16(11-23)24-10-9-12-3-1-2-4-15(12)19(24)18(17)21(25)27/h1-10,16-19H/t16-,17+,18-,19+/m1/s1. The molecule has 2 saturated heterocycles. The summed E-state index contributed by atoms with van der Waals surface area (Å²) in [5.74, 6) is -1.74. The van der Waals surface area contributed by atoms with E-state index in [9.17, 15) is 14.9 Å². The summed E-state index contributed by atoms with van der Waals surface area (Å²) >= 11 is 3.37. The van der Waals surface area contributed by atoms with Gasteiger partial charge in [-0.2, -0.15) is 5.26 Å². The number of nitrogens with zero attached hydrogens (tertiary/aromatic N) is 3. The Hall–Kier alpha value is -2.91. The molecule has 0 aliphatic carbocycles. The van der Waals surface area contributed by atoms with Crippen molar-refractivity contribution in [1.29, 1.82) is 5.26 Å². The van der Waals surface area contributed by atoms with Gasteiger partial charge in [0.05, 0.1) is 29.6 Å². The minimum Gasteiger partial charge on any atom is -0.353 e. The molecule has 0 saturated carbocycles. The summed E-state index contributed by atoms with van der Waals surface area (Å²) in [7, 11) is 0. The first-order valence-electron chi connectivity index (χ1n) is 8.69. The minimum absolute atomic E-state index is 0.231. The number of carbonyl (C=O) groups excluding carboxylic acids is 2. The van der Waals surface area contributed by atoms with Crippen molar-refractivity contribution in [1.82, 2.24) is 4.90 Å². The molecule has 0 unspecified atom stereocenters. The average Bonchev–Trinajstić information content (AvgIpc) is 3.15. The fourth-order valence-electron chi connectivity index (χ4n) is 4.55. The molecule has 0 spiro atoms. The average molecular weight is 420 g/mol. The van der Waals surface area contributed by atoms with Gasteiger partial charge in [-0.1, -0.05) is 40.2 Å². The molecule has 2 aromatic rings. The van der Waals surface area contributed by atoms with E-state index in [1.54, 1.807) is 24.3 Å². The highest BCUT2D eigenvalue weighted by atomic mass is 79.9. The number of hydrogen-bond donors (Lipinski definition) is 0. The van der Waals surface area contributed by atoms with Crippen LogP contribution in [0.25, 0.3) is 6.08 Å². The third-order valence-corrected chi connectivity index (χ3v) is 6.21. The lowest BCUT2D eigenvalue weighted by atomic mass is 9.85. The Labute approximate surface area is 164 Å². The zero-order valence-electron chi connectivity index (χ0n) is 14.1. The smallest absolute Gasteiger partial charge is 0.240 e. The van der Waals surface area contributed by atoms with Gasteiger partial charge in [-0.05, 0) is 41.5 Å². The van der Waals surface area contributed by atoms with Crippen LogP contribution >= 0.6 is 15.9 Å². The van der Waals surface area contributed by atoms with Crippen LogP contribution < -0.4 is 4.90 Å². The molecule has 6 heteroatoms. The highest BCUT2D eigenvalue weighted by Crippen LogP contribution is 2.52. The van der Waals surface area contributed by atoms with Gasteiger partial charge < -0.3 is 4.90 Å². The van der Waals surface area contributed by atoms with Crippen molar-refractivity contribution in [3.05, 3.63) is 70.3 Å². The van der Waals surface area contributed by atoms with Crippen LogP contribution in [0, 0.1) is 23.2 Å². The van der Waals surface area contributed by atoms with Crippen LogP contribution in [0.2, 0.25) is 0 Å². The van der Waals surface area contributed by atoms with Crippen LogP contribution in [-0.4, -0.2) is 22.8 Å². The van der Waals surface area contributed by atoms with E-state index in [2.05, 4.69) is 22.0 Å². The van der Waals surface area contributed by atoms with Crippen molar-refractivity contribution in [2.75, 3.05) is 4.90 Å². The zero-order chi connectivity index (χ0) is 18.7. The summed E-state index contributed by atoms with van der Waals surface area (Å²) in [5, 5.41) is 9.78. The predicted molar refractivity (Wildman–Crippen MR) is 103 cm³/mol. The minimum atomic E-state index is -0.660. The molecule has 0 aromatic heterocycles. The Balaban J connectivity index is 1.63. The number of hydrogen-bond acceptors (Lipinski definition) is 4. The molecular formula is C21H14BrN3O2. The maximum Gasteiger partial charge on any atom is 0.240 e. The van der Waals surface area contributed by atoms with Gasteiger partial charge in [0.1, 0.15) is 6.04 Å². The molecule has 5 nitrogen and oxygen atoms in total. The molecule has 132 valence electrons. The largest absolute Gasteiger partial charge is 0.353 e. The van der Waals surface area contributed by atoms with Gasteiger partial charge in [-0.25, -0.2) is 4.90 Å². The third kappa shape index (κ3) is 2.15. The van der Waals surface area contributed by atoms with Gasteiger partial charge in [-0.15, -0.1) is 0 Å². The number of fused-ring (bicyclic) bond motifs is 5. The van der Waals surface area contributed by atoms with E-state index in [4.69, 9.17) is 0 Å². The molecule has 3 heterocycles. The Morgan fingerprint density at radius 3 is 2.41 bits per heavy atom. The Bertz CT molecular complexity index is 1040. The molecule has 27 heavy (non-hydrogen) atoms. The van der Waals surface area contributed by atoms with Crippen LogP contribution in [0.4, 0.5) is 5.69 Å². The van der Waals surface area contributed by atoms with Gasteiger partial charge in [0.2, 0.25) is 11.8 Å². The van der Waals surface area contributed by atoms with Gasteiger partial charge >= 0.3 is 0 Å². The lowest BCUT2D eigenvalue weighted by molar-refractivity contribution is -0.123. The normalized spacial score (nSPS) is 28.0. The quantitative estimate of drug-likeness (QED) is 0.663. The number of halogens is 1. The van der Waals surface area contributed by atoms with Crippen molar-refractivity contribution in [3.63, 3.8) is 0 Å². The number of imide groups is 1. The van der Waals surface area contributed by atoms with E-state index in [0.29, 0.717) is 5.69 Å². The molecule has 3 aliphatic heterocycles. The topological polar surface area (TPSA) is 64.4 Å². The van der Waals surface area contributed by atoms with Crippen molar-refractivity contribution in [3.8, 4) is 6.07 Å². The maximum atomic E-state index is 13.3. The highest BCUT2D eigenvalue weighted by molar-refractivity contribution is 9.10. The molecule has 0 bridgehead atoms. The summed E-state index contributed by atoms with van der Waals surface area (Å²) in [5.41, 5.74) is 2.57. The second kappa shape index (κ2) is 5.80. The van der Waals surface area contributed by atoms with E-state index in [1.165, 1.54) is 4.90 Å². The number of benzene rings is 2. The van der Waals surface area contributed by atoms with Crippen LogP contribution in [0.1, 0.15) is 17.2 Å². The lowest BCUT2D eigenvalue weighted by Crippen LogP contribution is -2.40. The van der Waals surface area contributed by atoms with Crippen molar-refractivity contribution >= 4 is 39.5 Å². The monoisotopic (exact) mass is 419 g/mol. The van der Waals surface area contributed by atoms with E-state index < -0.39 is 17.9 Å². The molecular weight excluding hydrogens is 406 g/mol. The molecule has 5 rings (SSSR count). The molecule has 0 radical (unpaired) electrons. The van der Waals surface area contributed by atoms with E-state index in [0.717, 1.165) is 15.6 Å². The summed E-state index contributed by atoms with van der Waals surface area (Å²) in [6, 6.07) is 16.3. The van der Waals surface area contributed by atoms with Crippen LogP contribution in [0.5, 0.6) is 0 Å². The van der Waals surface area contributed by atoms with Crippen molar-refractivity contribution in [2.24, 2.45) is 11.8 Å². The van der Waals surface area contributed by atoms with E-state index in [-0.39, 0.29) is 17.9 Å².